The van der Waals surface area contributed by atoms with E-state index in [1.54, 1.807) is 12.2 Å². The first-order valence-corrected chi connectivity index (χ1v) is 6.64. The van der Waals surface area contributed by atoms with E-state index in [4.69, 9.17) is 0 Å². The summed E-state index contributed by atoms with van der Waals surface area (Å²) in [5, 5.41) is 4.56. The molecule has 1 aliphatic rings. The molecule has 1 N–H and O–H groups in total. The molecule has 0 aromatic carbocycles. The molecule has 0 fully saturated rings. The zero-order valence-corrected chi connectivity index (χ0v) is 10.7. The molecule has 2 heterocycles. The topological polar surface area (TPSA) is 50.7 Å². The standard InChI is InChI=1S/C13H13N3OS/c1-3-5-10-8(2)18-13(14-10)16-12(17)9-6-4-7-11(9)15-16/h3,5,15H,1-2,4,6-7H2/b10-5+. The SMILES string of the molecule is C=C/C=c1/nc(-n2[nH]c3c(c2=O)CCC3)sc1=C. The van der Waals surface area contributed by atoms with Gasteiger partial charge in [0.15, 0.2) is 0 Å². The molecule has 0 bridgehead atoms. The Morgan fingerprint density at radius 2 is 2.28 bits per heavy atom. The number of aromatic amines is 1. The number of thiazole rings is 1. The second-order valence-electron chi connectivity index (χ2n) is 4.27. The predicted molar refractivity (Wildman–Crippen MR) is 73.5 cm³/mol. The van der Waals surface area contributed by atoms with E-state index in [1.807, 2.05) is 0 Å². The van der Waals surface area contributed by atoms with Crippen LogP contribution < -0.4 is 15.4 Å². The second kappa shape index (κ2) is 4.10. The molecule has 18 heavy (non-hydrogen) atoms. The summed E-state index contributed by atoms with van der Waals surface area (Å²) < 4.78 is 2.37. The van der Waals surface area contributed by atoms with Gasteiger partial charge in [0.05, 0.1) is 5.35 Å². The van der Waals surface area contributed by atoms with Crippen molar-refractivity contribution >= 4 is 24.0 Å². The average Bonchev–Trinajstić information content (AvgIpc) is 2.99. The molecular weight excluding hydrogens is 246 g/mol. The van der Waals surface area contributed by atoms with E-state index < -0.39 is 0 Å². The molecular formula is C13H13N3OS. The zero-order chi connectivity index (χ0) is 12.7. The maximum atomic E-state index is 12.2. The van der Waals surface area contributed by atoms with Crippen LogP contribution in [0.2, 0.25) is 0 Å². The predicted octanol–water partition coefficient (Wildman–Crippen LogP) is 0.488. The van der Waals surface area contributed by atoms with Gasteiger partial charge in [-0.1, -0.05) is 30.6 Å². The van der Waals surface area contributed by atoms with Crippen molar-refractivity contribution in [2.24, 2.45) is 0 Å². The third-order valence-corrected chi connectivity index (χ3v) is 4.02. The Labute approximate surface area is 108 Å². The van der Waals surface area contributed by atoms with Crippen LogP contribution in [0.3, 0.4) is 0 Å². The third-order valence-electron chi connectivity index (χ3n) is 3.11. The Morgan fingerprint density at radius 1 is 1.44 bits per heavy atom. The van der Waals surface area contributed by atoms with E-state index in [-0.39, 0.29) is 5.56 Å². The number of aromatic nitrogens is 3. The summed E-state index contributed by atoms with van der Waals surface area (Å²) >= 11 is 1.41. The number of allylic oxidation sites excluding steroid dienone is 1. The van der Waals surface area contributed by atoms with E-state index in [0.29, 0.717) is 5.13 Å². The number of hydrogen-bond donors (Lipinski definition) is 1. The van der Waals surface area contributed by atoms with Gasteiger partial charge in [-0.3, -0.25) is 9.89 Å². The first-order chi connectivity index (χ1) is 8.70. The molecule has 0 amide bonds. The molecule has 2 aromatic heterocycles. The molecule has 4 nitrogen and oxygen atoms in total. The van der Waals surface area contributed by atoms with Crippen LogP contribution >= 0.6 is 11.3 Å². The van der Waals surface area contributed by atoms with E-state index in [1.165, 1.54) is 16.0 Å². The number of rotatable bonds is 2. The molecule has 0 atom stereocenters. The Bertz CT molecular complexity index is 778. The lowest BCUT2D eigenvalue weighted by atomic mass is 10.3. The molecule has 0 saturated carbocycles. The highest BCUT2D eigenvalue weighted by Crippen LogP contribution is 2.17. The highest BCUT2D eigenvalue weighted by atomic mass is 32.1. The van der Waals surface area contributed by atoms with Gasteiger partial charge in [0, 0.05) is 15.8 Å². The lowest BCUT2D eigenvalue weighted by Gasteiger charge is -1.95. The van der Waals surface area contributed by atoms with Crippen molar-refractivity contribution in [2.45, 2.75) is 19.3 Å². The number of nitrogens with one attached hydrogen (secondary N) is 1. The summed E-state index contributed by atoms with van der Waals surface area (Å²) in [5.74, 6) is 0. The summed E-state index contributed by atoms with van der Waals surface area (Å²) in [5.41, 5.74) is 1.99. The molecule has 92 valence electrons. The van der Waals surface area contributed by atoms with Gasteiger partial charge in [0.2, 0.25) is 5.13 Å². The minimum absolute atomic E-state index is 0.0291. The van der Waals surface area contributed by atoms with Gasteiger partial charge >= 0.3 is 0 Å². The summed E-state index contributed by atoms with van der Waals surface area (Å²) in [6.45, 7) is 7.57. The largest absolute Gasteiger partial charge is 0.293 e. The molecule has 5 heteroatoms. The molecule has 0 saturated heterocycles. The van der Waals surface area contributed by atoms with Crippen LogP contribution in [0.5, 0.6) is 0 Å². The van der Waals surface area contributed by atoms with Gasteiger partial charge in [-0.15, -0.1) is 0 Å². The minimum Gasteiger partial charge on any atom is -0.293 e. The molecule has 0 aliphatic heterocycles. The lowest BCUT2D eigenvalue weighted by molar-refractivity contribution is 0.774. The Balaban J connectivity index is 2.20. The molecule has 1 aliphatic carbocycles. The lowest BCUT2D eigenvalue weighted by Crippen LogP contribution is -2.20. The van der Waals surface area contributed by atoms with Crippen molar-refractivity contribution < 1.29 is 0 Å². The highest BCUT2D eigenvalue weighted by molar-refractivity contribution is 7.11. The Morgan fingerprint density at radius 3 is 3.00 bits per heavy atom. The van der Waals surface area contributed by atoms with Crippen molar-refractivity contribution in [3.63, 3.8) is 0 Å². The van der Waals surface area contributed by atoms with Crippen LogP contribution in [-0.2, 0) is 12.8 Å². The fraction of sp³-hybridized carbons (Fsp3) is 0.231. The Hall–Kier alpha value is -1.88. The summed E-state index contributed by atoms with van der Waals surface area (Å²) in [7, 11) is 0. The maximum absolute atomic E-state index is 12.2. The van der Waals surface area contributed by atoms with Crippen LogP contribution in [0.15, 0.2) is 17.4 Å². The van der Waals surface area contributed by atoms with Gasteiger partial charge in [-0.25, -0.2) is 4.98 Å². The first kappa shape index (κ1) is 11.2. The smallest absolute Gasteiger partial charge is 0.276 e. The van der Waals surface area contributed by atoms with Crippen molar-refractivity contribution in [3.05, 3.63) is 44.1 Å². The fourth-order valence-electron chi connectivity index (χ4n) is 2.25. The minimum atomic E-state index is 0.0291. The second-order valence-corrected chi connectivity index (χ2v) is 5.33. The number of aryl methyl sites for hydroxylation is 1. The van der Waals surface area contributed by atoms with Crippen LogP contribution in [0, 0.1) is 0 Å². The fourth-order valence-corrected chi connectivity index (χ4v) is 3.05. The summed E-state index contributed by atoms with van der Waals surface area (Å²) in [4.78, 5) is 16.6. The van der Waals surface area contributed by atoms with E-state index >= 15 is 0 Å². The van der Waals surface area contributed by atoms with Crippen molar-refractivity contribution in [3.8, 4) is 5.13 Å². The van der Waals surface area contributed by atoms with Crippen LogP contribution in [0.4, 0.5) is 0 Å². The van der Waals surface area contributed by atoms with Gasteiger partial charge in [0.25, 0.3) is 5.56 Å². The molecule has 0 unspecified atom stereocenters. The third kappa shape index (κ3) is 1.59. The zero-order valence-electron chi connectivity index (χ0n) is 9.90. The number of hydrogen-bond acceptors (Lipinski definition) is 3. The van der Waals surface area contributed by atoms with E-state index in [9.17, 15) is 4.79 Å². The monoisotopic (exact) mass is 259 g/mol. The normalized spacial score (nSPS) is 15.0. The first-order valence-electron chi connectivity index (χ1n) is 5.82. The summed E-state index contributed by atoms with van der Waals surface area (Å²) in [6.07, 6.45) is 6.35. The maximum Gasteiger partial charge on any atom is 0.276 e. The average molecular weight is 259 g/mol. The molecule has 3 rings (SSSR count). The Kier molecular flexibility index (Phi) is 2.56. The van der Waals surface area contributed by atoms with Crippen molar-refractivity contribution in [2.75, 3.05) is 0 Å². The van der Waals surface area contributed by atoms with Crippen LogP contribution in [0.25, 0.3) is 17.8 Å². The van der Waals surface area contributed by atoms with Crippen LogP contribution in [-0.4, -0.2) is 14.8 Å². The number of fused-ring (bicyclic) bond motifs is 1. The molecule has 2 aromatic rings. The summed E-state index contributed by atoms with van der Waals surface area (Å²) in [6, 6.07) is 0. The van der Waals surface area contributed by atoms with Crippen LogP contribution in [0.1, 0.15) is 17.7 Å². The van der Waals surface area contributed by atoms with Gasteiger partial charge in [-0.2, -0.15) is 4.68 Å². The van der Waals surface area contributed by atoms with Gasteiger partial charge in [0.1, 0.15) is 0 Å². The highest BCUT2D eigenvalue weighted by Gasteiger charge is 2.20. The molecule has 0 radical (unpaired) electrons. The van der Waals surface area contributed by atoms with Gasteiger partial charge < -0.3 is 0 Å². The number of nitrogens with zero attached hydrogens (tertiary/aromatic N) is 2. The van der Waals surface area contributed by atoms with Gasteiger partial charge in [-0.05, 0) is 25.3 Å². The number of H-pyrrole nitrogens is 1. The van der Waals surface area contributed by atoms with Crippen molar-refractivity contribution in [1.29, 1.82) is 0 Å². The van der Waals surface area contributed by atoms with Crippen molar-refractivity contribution in [1.82, 2.24) is 14.8 Å². The molecule has 0 spiro atoms. The van der Waals surface area contributed by atoms with E-state index in [2.05, 4.69) is 23.2 Å². The van der Waals surface area contributed by atoms with E-state index in [0.717, 1.165) is 40.4 Å². The quantitative estimate of drug-likeness (QED) is 0.853.